The van der Waals surface area contributed by atoms with Crippen LogP contribution in [0, 0.1) is 5.92 Å². The first-order chi connectivity index (χ1) is 20.6. The number of ether oxygens (including phenoxy) is 1. The lowest BCUT2D eigenvalue weighted by Gasteiger charge is -2.32. The molecule has 0 saturated heterocycles. The molecule has 0 aliphatic heterocycles. The van der Waals surface area contributed by atoms with Crippen LogP contribution in [0.4, 0.5) is 0 Å². The van der Waals surface area contributed by atoms with Crippen molar-refractivity contribution in [3.05, 3.63) is 95.6 Å². The molecular formula is C34H43N3O5S. The van der Waals surface area contributed by atoms with Gasteiger partial charge < -0.3 is 15.0 Å². The fourth-order valence-electron chi connectivity index (χ4n) is 4.80. The molecule has 4 rings (SSSR count). The molecule has 0 bridgehead atoms. The van der Waals surface area contributed by atoms with Crippen molar-refractivity contribution in [1.29, 1.82) is 0 Å². The molecule has 2 N–H and O–H groups in total. The van der Waals surface area contributed by atoms with Gasteiger partial charge in [-0.1, -0.05) is 68.4 Å². The zero-order valence-electron chi connectivity index (χ0n) is 25.3. The molecule has 0 radical (unpaired) electrons. The second-order valence-electron chi connectivity index (χ2n) is 11.6. The molecule has 0 unspecified atom stereocenters. The predicted molar refractivity (Wildman–Crippen MR) is 168 cm³/mol. The zero-order chi connectivity index (χ0) is 30.8. The first kappa shape index (κ1) is 32.2. The van der Waals surface area contributed by atoms with E-state index in [1.54, 1.807) is 36.3 Å². The first-order valence-corrected chi connectivity index (χ1v) is 16.5. The largest absolute Gasteiger partial charge is 0.497 e. The van der Waals surface area contributed by atoms with Crippen LogP contribution in [0.5, 0.6) is 5.75 Å². The molecule has 3 aromatic carbocycles. The van der Waals surface area contributed by atoms with E-state index in [-0.39, 0.29) is 35.7 Å². The van der Waals surface area contributed by atoms with Gasteiger partial charge in [0.2, 0.25) is 21.8 Å². The summed E-state index contributed by atoms with van der Waals surface area (Å²) >= 11 is 0. The molecule has 0 heterocycles. The van der Waals surface area contributed by atoms with Crippen molar-refractivity contribution in [2.75, 3.05) is 13.7 Å². The van der Waals surface area contributed by atoms with Crippen LogP contribution in [0.2, 0.25) is 0 Å². The number of carbonyl (C=O) groups is 2. The molecular weight excluding hydrogens is 562 g/mol. The van der Waals surface area contributed by atoms with Crippen LogP contribution in [0.25, 0.3) is 0 Å². The van der Waals surface area contributed by atoms with Gasteiger partial charge in [0.15, 0.2) is 0 Å². The lowest BCUT2D eigenvalue weighted by Crippen LogP contribution is -2.50. The third kappa shape index (κ3) is 9.93. The third-order valence-electron chi connectivity index (χ3n) is 7.56. The summed E-state index contributed by atoms with van der Waals surface area (Å²) in [6.07, 6.45) is 3.56. The highest BCUT2D eigenvalue weighted by Gasteiger charge is 2.31. The molecule has 1 fully saturated rings. The average molecular weight is 606 g/mol. The first-order valence-electron chi connectivity index (χ1n) is 15.0. The quantitative estimate of drug-likeness (QED) is 0.243. The summed E-state index contributed by atoms with van der Waals surface area (Å²) in [7, 11) is -1.94. The minimum atomic E-state index is -3.54. The van der Waals surface area contributed by atoms with Gasteiger partial charge in [-0.2, -0.15) is 0 Å². The standard InChI is InChI=1S/C34H43N3O5S/c1-25(2)21-22-35-34(39)32(23-27-7-5-4-6-8-27)37(24-28-9-16-30(42-3)17-10-28)33(38)20-13-26-11-18-31(19-12-26)43(40,41)36-29-14-15-29/h4-12,16-19,25,29,32,36H,13-15,20-24H2,1-3H3,(H,35,39)/t32-/m1/s1. The van der Waals surface area contributed by atoms with Crippen LogP contribution in [-0.2, 0) is 39.0 Å². The number of methoxy groups -OCH3 is 1. The van der Waals surface area contributed by atoms with E-state index >= 15 is 0 Å². The summed E-state index contributed by atoms with van der Waals surface area (Å²) in [6, 6.07) is 23.2. The maximum atomic E-state index is 13.9. The van der Waals surface area contributed by atoms with Crippen molar-refractivity contribution in [3.63, 3.8) is 0 Å². The molecule has 1 aliphatic carbocycles. The van der Waals surface area contributed by atoms with E-state index in [0.717, 1.165) is 36.0 Å². The molecule has 9 heteroatoms. The van der Waals surface area contributed by atoms with Crippen LogP contribution in [0.15, 0.2) is 83.8 Å². The second-order valence-corrected chi connectivity index (χ2v) is 13.3. The van der Waals surface area contributed by atoms with Gasteiger partial charge in [0.1, 0.15) is 11.8 Å². The summed E-state index contributed by atoms with van der Waals surface area (Å²) < 4.78 is 33.1. The SMILES string of the molecule is COc1ccc(CN(C(=O)CCc2ccc(S(=O)(=O)NC3CC3)cc2)[C@H](Cc2ccccc2)C(=O)NCCC(C)C)cc1. The molecule has 8 nitrogen and oxygen atoms in total. The van der Waals surface area contributed by atoms with Crippen LogP contribution < -0.4 is 14.8 Å². The van der Waals surface area contributed by atoms with E-state index in [1.165, 1.54) is 0 Å². The molecule has 230 valence electrons. The number of amides is 2. The number of rotatable bonds is 16. The molecule has 1 atom stereocenters. The maximum Gasteiger partial charge on any atom is 0.243 e. The average Bonchev–Trinajstić information content (AvgIpc) is 3.82. The van der Waals surface area contributed by atoms with Crippen LogP contribution in [0.1, 0.15) is 56.2 Å². The van der Waals surface area contributed by atoms with E-state index in [2.05, 4.69) is 23.9 Å². The van der Waals surface area contributed by atoms with E-state index in [9.17, 15) is 18.0 Å². The Morgan fingerprint density at radius 3 is 2.16 bits per heavy atom. The number of sulfonamides is 1. The monoisotopic (exact) mass is 605 g/mol. The normalized spacial score (nSPS) is 13.9. The van der Waals surface area contributed by atoms with E-state index in [4.69, 9.17) is 4.74 Å². The molecule has 1 aliphatic rings. The van der Waals surface area contributed by atoms with E-state index in [0.29, 0.717) is 31.1 Å². The highest BCUT2D eigenvalue weighted by atomic mass is 32.2. The minimum Gasteiger partial charge on any atom is -0.497 e. The van der Waals surface area contributed by atoms with Crippen LogP contribution >= 0.6 is 0 Å². The lowest BCUT2D eigenvalue weighted by atomic mass is 10.0. The van der Waals surface area contributed by atoms with Gasteiger partial charge in [-0.15, -0.1) is 0 Å². The molecule has 2 amide bonds. The van der Waals surface area contributed by atoms with E-state index < -0.39 is 16.1 Å². The zero-order valence-corrected chi connectivity index (χ0v) is 26.1. The van der Waals surface area contributed by atoms with Gasteiger partial charge >= 0.3 is 0 Å². The van der Waals surface area contributed by atoms with E-state index in [1.807, 2.05) is 54.6 Å². The van der Waals surface area contributed by atoms with Gasteiger partial charge in [-0.3, -0.25) is 9.59 Å². The number of benzene rings is 3. The Kier molecular flexibility index (Phi) is 11.4. The molecule has 0 spiro atoms. The number of hydrogen-bond acceptors (Lipinski definition) is 5. The number of nitrogens with zero attached hydrogens (tertiary/aromatic N) is 1. The maximum absolute atomic E-state index is 13.9. The fourth-order valence-corrected chi connectivity index (χ4v) is 6.11. The van der Waals surface area contributed by atoms with Crippen LogP contribution in [0.3, 0.4) is 0 Å². The van der Waals surface area contributed by atoms with Gasteiger partial charge in [-0.25, -0.2) is 13.1 Å². The molecule has 0 aromatic heterocycles. The Bertz CT molecular complexity index is 1440. The summed E-state index contributed by atoms with van der Waals surface area (Å²) in [5.41, 5.74) is 2.71. The summed E-state index contributed by atoms with van der Waals surface area (Å²) in [6.45, 7) is 5.02. The molecule has 1 saturated carbocycles. The molecule has 3 aromatic rings. The van der Waals surface area contributed by atoms with Crippen molar-refractivity contribution in [2.45, 2.75) is 75.9 Å². The highest BCUT2D eigenvalue weighted by molar-refractivity contribution is 7.89. The summed E-state index contributed by atoms with van der Waals surface area (Å²) in [4.78, 5) is 29.5. The Morgan fingerprint density at radius 2 is 1.56 bits per heavy atom. The topological polar surface area (TPSA) is 105 Å². The van der Waals surface area contributed by atoms with Crippen molar-refractivity contribution in [1.82, 2.24) is 14.9 Å². The van der Waals surface area contributed by atoms with Crippen molar-refractivity contribution >= 4 is 21.8 Å². The lowest BCUT2D eigenvalue weighted by molar-refractivity contribution is -0.141. The summed E-state index contributed by atoms with van der Waals surface area (Å²) in [5, 5.41) is 3.07. The third-order valence-corrected chi connectivity index (χ3v) is 9.10. The summed E-state index contributed by atoms with van der Waals surface area (Å²) in [5.74, 6) is 0.828. The Hall–Kier alpha value is -3.69. The van der Waals surface area contributed by atoms with Crippen molar-refractivity contribution in [3.8, 4) is 5.75 Å². The van der Waals surface area contributed by atoms with Gasteiger partial charge in [0.25, 0.3) is 0 Å². The fraction of sp³-hybridized carbons (Fsp3) is 0.412. The molecule has 43 heavy (non-hydrogen) atoms. The van der Waals surface area contributed by atoms with Gasteiger partial charge in [0.05, 0.1) is 12.0 Å². The van der Waals surface area contributed by atoms with Gasteiger partial charge in [-0.05, 0) is 72.6 Å². The smallest absolute Gasteiger partial charge is 0.243 e. The van der Waals surface area contributed by atoms with Gasteiger partial charge in [0, 0.05) is 32.0 Å². The second kappa shape index (κ2) is 15.2. The van der Waals surface area contributed by atoms with Crippen LogP contribution in [-0.4, -0.2) is 50.9 Å². The Balaban J connectivity index is 1.54. The number of nitrogens with one attached hydrogen (secondary N) is 2. The number of aryl methyl sites for hydroxylation is 1. The Labute approximate surface area is 255 Å². The Morgan fingerprint density at radius 1 is 0.907 bits per heavy atom. The number of hydrogen-bond donors (Lipinski definition) is 2. The highest BCUT2D eigenvalue weighted by Crippen LogP contribution is 2.23. The minimum absolute atomic E-state index is 0.0328. The predicted octanol–water partition coefficient (Wildman–Crippen LogP) is 4.87. The van der Waals surface area contributed by atoms with Crippen molar-refractivity contribution < 1.29 is 22.7 Å². The van der Waals surface area contributed by atoms with Crippen molar-refractivity contribution in [2.24, 2.45) is 5.92 Å². The number of carbonyl (C=O) groups excluding carboxylic acids is 2.